The van der Waals surface area contributed by atoms with Gasteiger partial charge in [0.2, 0.25) is 0 Å². The van der Waals surface area contributed by atoms with E-state index in [1.165, 1.54) is 25.0 Å². The predicted molar refractivity (Wildman–Crippen MR) is 229 cm³/mol. The first-order valence-electron chi connectivity index (χ1n) is 19.8. The molecule has 0 saturated carbocycles. The molecule has 0 fully saturated rings. The molecule has 12 nitrogen and oxygen atoms in total. The number of rotatable bonds is 20. The zero-order valence-corrected chi connectivity index (χ0v) is 34.8. The molecular formula is C48H56O12. The van der Waals surface area contributed by atoms with Gasteiger partial charge in [0.15, 0.2) is 0 Å². The summed E-state index contributed by atoms with van der Waals surface area (Å²) >= 11 is 0. The van der Waals surface area contributed by atoms with Crippen molar-refractivity contribution in [1.29, 1.82) is 0 Å². The third-order valence-corrected chi connectivity index (χ3v) is 10.7. The molecule has 0 spiro atoms. The van der Waals surface area contributed by atoms with Gasteiger partial charge in [-0.15, -0.1) is 0 Å². The van der Waals surface area contributed by atoms with Gasteiger partial charge in [0.05, 0.1) is 25.0 Å². The van der Waals surface area contributed by atoms with E-state index in [2.05, 4.69) is 26.3 Å². The van der Waals surface area contributed by atoms with Crippen LogP contribution in [0, 0.1) is 0 Å². The van der Waals surface area contributed by atoms with E-state index in [0.29, 0.717) is 67.5 Å². The summed E-state index contributed by atoms with van der Waals surface area (Å²) in [5.74, 6) is -0.643. The van der Waals surface area contributed by atoms with Gasteiger partial charge in [-0.1, -0.05) is 54.0 Å². The van der Waals surface area contributed by atoms with Crippen LogP contribution in [0.3, 0.4) is 0 Å². The molecule has 4 aromatic carbocycles. The van der Waals surface area contributed by atoms with Crippen molar-refractivity contribution >= 4 is 0 Å². The number of fused-ring (bicyclic) bond motifs is 8. The van der Waals surface area contributed by atoms with E-state index in [-0.39, 0.29) is 75.9 Å². The van der Waals surface area contributed by atoms with Crippen molar-refractivity contribution in [3.8, 4) is 46.0 Å². The highest BCUT2D eigenvalue weighted by Crippen LogP contribution is 2.50. The molecule has 0 heterocycles. The fourth-order valence-corrected chi connectivity index (χ4v) is 7.46. The van der Waals surface area contributed by atoms with Crippen molar-refractivity contribution in [2.24, 2.45) is 0 Å². The lowest BCUT2D eigenvalue weighted by atomic mass is 9.80. The Hall–Kier alpha value is -6.56. The smallest absolute Gasteiger partial charge is 0.126 e. The minimum Gasteiger partial charge on any atom is -0.508 e. The third-order valence-electron chi connectivity index (χ3n) is 10.7. The van der Waals surface area contributed by atoms with Gasteiger partial charge in [-0.2, -0.15) is 0 Å². The second-order valence-corrected chi connectivity index (χ2v) is 14.2. The maximum absolute atomic E-state index is 11.7. The van der Waals surface area contributed by atoms with Crippen LogP contribution in [0.2, 0.25) is 0 Å². The largest absolute Gasteiger partial charge is 0.508 e. The Bertz CT molecular complexity index is 1840. The first kappa shape index (κ1) is 44.5. The van der Waals surface area contributed by atoms with E-state index in [0.717, 1.165) is 0 Å². The number of hydrogen-bond acceptors (Lipinski definition) is 12. The number of aromatic hydroxyl groups is 4. The van der Waals surface area contributed by atoms with E-state index in [1.807, 2.05) is 52.0 Å². The standard InChI is InChI=1S/C48H56O12/c1-9-53-13-17-57-45-25-41(49)33-21-37(45)29(5)34-22-38(46(26-42(34)50)58-18-14-54-10-2)31(7)36-24-40(48(28-44(36)52)60-20-16-56-12-4)32(8)35-23-39(30(33)6)47(27-43(35)51)59-19-15-55-11-3/h9-12,21-32,49-52H,1-4,13-20H2,5-8H3. The summed E-state index contributed by atoms with van der Waals surface area (Å²) in [6.07, 6.45) is 5.31. The summed E-state index contributed by atoms with van der Waals surface area (Å²) < 4.78 is 46.1. The van der Waals surface area contributed by atoms with Gasteiger partial charge in [0.25, 0.3) is 0 Å². The molecule has 320 valence electrons. The summed E-state index contributed by atoms with van der Waals surface area (Å²) in [4.78, 5) is 0. The minimum absolute atomic E-state index is 0.0348. The first-order chi connectivity index (χ1) is 28.9. The van der Waals surface area contributed by atoms with Crippen molar-refractivity contribution in [2.45, 2.75) is 51.4 Å². The number of ether oxygens (including phenoxy) is 8. The van der Waals surface area contributed by atoms with Gasteiger partial charge < -0.3 is 58.3 Å². The van der Waals surface area contributed by atoms with Crippen molar-refractivity contribution in [1.82, 2.24) is 0 Å². The third kappa shape index (κ3) is 10.2. The Morgan fingerprint density at radius 2 is 0.550 bits per heavy atom. The van der Waals surface area contributed by atoms with Gasteiger partial charge in [-0.3, -0.25) is 0 Å². The molecule has 0 aliphatic heterocycles. The second kappa shape index (κ2) is 20.9. The van der Waals surface area contributed by atoms with E-state index in [9.17, 15) is 20.4 Å². The molecule has 0 amide bonds. The van der Waals surface area contributed by atoms with Gasteiger partial charge in [0.1, 0.15) is 98.9 Å². The molecule has 0 radical (unpaired) electrons. The lowest BCUT2D eigenvalue weighted by Gasteiger charge is -2.28. The van der Waals surface area contributed by atoms with E-state index >= 15 is 0 Å². The highest BCUT2D eigenvalue weighted by atomic mass is 16.5. The molecule has 5 rings (SSSR count). The molecule has 60 heavy (non-hydrogen) atoms. The molecule has 4 N–H and O–H groups in total. The van der Waals surface area contributed by atoms with Gasteiger partial charge in [-0.25, -0.2) is 0 Å². The zero-order chi connectivity index (χ0) is 43.3. The SMILES string of the molecule is C=COCCOc1cc(O)c2cc1C(C)c1cc(c(OCCOC=C)cc1O)C(C)c1cc(c(OCCOC=C)cc1O)C(C)c1cc(c(OCCOC=C)cc1O)C2C. The van der Waals surface area contributed by atoms with Gasteiger partial charge >= 0.3 is 0 Å². The Morgan fingerprint density at radius 1 is 0.350 bits per heavy atom. The van der Waals surface area contributed by atoms with Crippen LogP contribution < -0.4 is 18.9 Å². The van der Waals surface area contributed by atoms with E-state index in [1.54, 1.807) is 24.3 Å². The molecule has 1 aliphatic carbocycles. The molecule has 8 bridgehead atoms. The Balaban J connectivity index is 1.82. The number of benzene rings is 4. The Kier molecular flexibility index (Phi) is 15.5. The zero-order valence-electron chi connectivity index (χ0n) is 34.8. The Morgan fingerprint density at radius 3 is 0.733 bits per heavy atom. The fraction of sp³-hybridized carbons (Fsp3) is 0.333. The molecule has 0 saturated heterocycles. The van der Waals surface area contributed by atoms with Gasteiger partial charge in [-0.05, 0) is 24.3 Å². The van der Waals surface area contributed by atoms with Crippen LogP contribution in [-0.2, 0) is 18.9 Å². The summed E-state index contributed by atoms with van der Waals surface area (Å²) in [7, 11) is 0. The lowest BCUT2D eigenvalue weighted by Crippen LogP contribution is -2.13. The van der Waals surface area contributed by atoms with Crippen LogP contribution in [0.15, 0.2) is 99.9 Å². The molecule has 1 aliphatic rings. The lowest BCUT2D eigenvalue weighted by molar-refractivity contribution is 0.178. The van der Waals surface area contributed by atoms with Crippen LogP contribution >= 0.6 is 0 Å². The average Bonchev–Trinajstić information content (AvgIpc) is 3.23. The van der Waals surface area contributed by atoms with Crippen molar-refractivity contribution in [3.63, 3.8) is 0 Å². The van der Waals surface area contributed by atoms with Crippen LogP contribution in [0.5, 0.6) is 46.0 Å². The summed E-state index contributed by atoms with van der Waals surface area (Å²) in [6.45, 7) is 23.6. The van der Waals surface area contributed by atoms with E-state index in [4.69, 9.17) is 37.9 Å². The molecule has 4 unspecified atom stereocenters. The molecule has 0 aromatic heterocycles. The summed E-state index contributed by atoms with van der Waals surface area (Å²) in [5, 5.41) is 47.0. The highest BCUT2D eigenvalue weighted by Gasteiger charge is 2.30. The topological polar surface area (TPSA) is 155 Å². The second-order valence-electron chi connectivity index (χ2n) is 14.2. The van der Waals surface area contributed by atoms with Crippen LogP contribution in [0.25, 0.3) is 0 Å². The first-order valence-corrected chi connectivity index (χ1v) is 19.8. The number of hydrogen-bond donors (Lipinski definition) is 4. The maximum Gasteiger partial charge on any atom is 0.126 e. The fourth-order valence-electron chi connectivity index (χ4n) is 7.46. The Labute approximate surface area is 352 Å². The summed E-state index contributed by atoms with van der Waals surface area (Å²) in [6, 6.07) is 13.7. The maximum atomic E-state index is 11.7. The summed E-state index contributed by atoms with van der Waals surface area (Å²) in [5.41, 5.74) is 4.86. The monoisotopic (exact) mass is 824 g/mol. The van der Waals surface area contributed by atoms with Crippen molar-refractivity contribution in [2.75, 3.05) is 52.9 Å². The van der Waals surface area contributed by atoms with Crippen LogP contribution in [-0.4, -0.2) is 73.3 Å². The van der Waals surface area contributed by atoms with Crippen molar-refractivity contribution < 1.29 is 58.3 Å². The number of phenolic OH excluding ortho intramolecular Hbond substituents is 4. The number of phenols is 4. The van der Waals surface area contributed by atoms with Crippen LogP contribution in [0.4, 0.5) is 0 Å². The predicted octanol–water partition coefficient (Wildman–Crippen LogP) is 9.59. The van der Waals surface area contributed by atoms with Crippen molar-refractivity contribution in [3.05, 3.63) is 144 Å². The quantitative estimate of drug-likeness (QED) is 0.0496. The normalized spacial score (nSPS) is 16.7. The van der Waals surface area contributed by atoms with E-state index < -0.39 is 23.7 Å². The van der Waals surface area contributed by atoms with Gasteiger partial charge in [0, 0.05) is 92.4 Å². The molecular weight excluding hydrogens is 769 g/mol. The van der Waals surface area contributed by atoms with Crippen LogP contribution in [0.1, 0.15) is 95.9 Å². The molecule has 4 atom stereocenters. The minimum atomic E-state index is -0.510. The molecule has 4 aromatic rings. The average molecular weight is 825 g/mol. The molecule has 12 heteroatoms. The highest BCUT2D eigenvalue weighted by molar-refractivity contribution is 5.62.